The van der Waals surface area contributed by atoms with E-state index in [0.29, 0.717) is 6.61 Å². The maximum Gasteiger partial charge on any atom is 0.124 e. The SMILES string of the molecule is Cc1cc(OCCn2c(CN3CCN(C)CC3)nc3ccccc32)ccc1Cl. The molecule has 0 radical (unpaired) electrons. The van der Waals surface area contributed by atoms with E-state index >= 15 is 0 Å². The molecule has 4 rings (SSSR count). The van der Waals surface area contributed by atoms with E-state index in [9.17, 15) is 0 Å². The van der Waals surface area contributed by atoms with Crippen LogP contribution in [-0.4, -0.2) is 59.2 Å². The van der Waals surface area contributed by atoms with Crippen molar-refractivity contribution in [3.8, 4) is 5.75 Å². The predicted molar refractivity (Wildman–Crippen MR) is 114 cm³/mol. The van der Waals surface area contributed by atoms with Crippen LogP contribution < -0.4 is 4.74 Å². The van der Waals surface area contributed by atoms with Gasteiger partial charge >= 0.3 is 0 Å². The van der Waals surface area contributed by atoms with Crippen LogP contribution in [0.4, 0.5) is 0 Å². The molecule has 1 saturated heterocycles. The van der Waals surface area contributed by atoms with Crippen molar-refractivity contribution in [2.75, 3.05) is 39.8 Å². The number of hydrogen-bond acceptors (Lipinski definition) is 4. The molecule has 1 aromatic heterocycles. The second kappa shape index (κ2) is 8.52. The Bertz CT molecular complexity index is 947. The molecule has 0 saturated carbocycles. The van der Waals surface area contributed by atoms with Gasteiger partial charge in [0.1, 0.15) is 18.2 Å². The zero-order chi connectivity index (χ0) is 19.5. The Morgan fingerprint density at radius 2 is 1.86 bits per heavy atom. The molecular formula is C22H27ClN4O. The lowest BCUT2D eigenvalue weighted by Gasteiger charge is -2.32. The van der Waals surface area contributed by atoms with Gasteiger partial charge < -0.3 is 14.2 Å². The molecule has 0 bridgehead atoms. The number of benzene rings is 2. The van der Waals surface area contributed by atoms with Crippen LogP contribution in [0.1, 0.15) is 11.4 Å². The van der Waals surface area contributed by atoms with E-state index in [1.807, 2.05) is 31.2 Å². The topological polar surface area (TPSA) is 33.5 Å². The van der Waals surface area contributed by atoms with Crippen LogP contribution in [0.3, 0.4) is 0 Å². The third kappa shape index (κ3) is 4.32. The monoisotopic (exact) mass is 398 g/mol. The highest BCUT2D eigenvalue weighted by Gasteiger charge is 2.18. The minimum Gasteiger partial charge on any atom is -0.492 e. The number of nitrogens with zero attached hydrogens (tertiary/aromatic N) is 4. The smallest absolute Gasteiger partial charge is 0.124 e. The van der Waals surface area contributed by atoms with Crippen molar-refractivity contribution >= 4 is 22.6 Å². The highest BCUT2D eigenvalue weighted by Crippen LogP contribution is 2.22. The molecule has 2 heterocycles. The lowest BCUT2D eigenvalue weighted by molar-refractivity contribution is 0.144. The Morgan fingerprint density at radius 1 is 1.07 bits per heavy atom. The molecule has 5 nitrogen and oxygen atoms in total. The molecule has 0 spiro atoms. The van der Waals surface area contributed by atoms with Gasteiger partial charge in [0.2, 0.25) is 0 Å². The third-order valence-electron chi connectivity index (χ3n) is 5.41. The molecule has 28 heavy (non-hydrogen) atoms. The number of likely N-dealkylation sites (N-methyl/N-ethyl adjacent to an activating group) is 1. The summed E-state index contributed by atoms with van der Waals surface area (Å²) in [5, 5.41) is 0.766. The highest BCUT2D eigenvalue weighted by atomic mass is 35.5. The molecule has 1 aliphatic rings. The standard InChI is InChI=1S/C22H27ClN4O/c1-17-15-18(7-8-19(17)23)28-14-13-27-21-6-4-3-5-20(21)24-22(27)16-26-11-9-25(2)10-12-26/h3-8,15H,9-14,16H2,1-2H3. The molecule has 0 aliphatic carbocycles. The Labute approximate surface area is 171 Å². The Hall–Kier alpha value is -2.08. The number of aryl methyl sites for hydroxylation is 1. The average molecular weight is 399 g/mol. The van der Waals surface area contributed by atoms with E-state index in [1.165, 1.54) is 5.52 Å². The van der Waals surface area contributed by atoms with Gasteiger partial charge in [0, 0.05) is 31.2 Å². The summed E-state index contributed by atoms with van der Waals surface area (Å²) < 4.78 is 8.30. The normalized spacial score (nSPS) is 16.0. The van der Waals surface area contributed by atoms with Gasteiger partial charge in [-0.2, -0.15) is 0 Å². The summed E-state index contributed by atoms with van der Waals surface area (Å²) in [4.78, 5) is 9.78. The van der Waals surface area contributed by atoms with Crippen molar-refractivity contribution in [1.82, 2.24) is 19.4 Å². The first kappa shape index (κ1) is 19.2. The fraction of sp³-hybridized carbons (Fsp3) is 0.409. The van der Waals surface area contributed by atoms with Gasteiger partial charge in [-0.05, 0) is 49.9 Å². The van der Waals surface area contributed by atoms with Crippen molar-refractivity contribution in [1.29, 1.82) is 0 Å². The number of ether oxygens (including phenoxy) is 1. The molecule has 148 valence electrons. The molecule has 0 atom stereocenters. The second-order valence-corrected chi connectivity index (χ2v) is 7.91. The molecule has 1 fully saturated rings. The van der Waals surface area contributed by atoms with Crippen LogP contribution >= 0.6 is 11.6 Å². The largest absolute Gasteiger partial charge is 0.492 e. The van der Waals surface area contributed by atoms with Crippen LogP contribution in [0.2, 0.25) is 5.02 Å². The summed E-state index contributed by atoms with van der Waals surface area (Å²) in [6.07, 6.45) is 0. The number of hydrogen-bond donors (Lipinski definition) is 0. The van der Waals surface area contributed by atoms with Gasteiger partial charge in [0.25, 0.3) is 0 Å². The molecule has 3 aromatic rings. The maximum atomic E-state index is 6.11. The first-order chi connectivity index (χ1) is 13.6. The number of rotatable bonds is 6. The zero-order valence-electron chi connectivity index (χ0n) is 16.6. The van der Waals surface area contributed by atoms with Crippen LogP contribution in [0.15, 0.2) is 42.5 Å². The summed E-state index contributed by atoms with van der Waals surface area (Å²) in [6, 6.07) is 14.1. The van der Waals surface area contributed by atoms with Crippen molar-refractivity contribution in [2.24, 2.45) is 0 Å². The summed E-state index contributed by atoms with van der Waals surface area (Å²) in [5.74, 6) is 1.97. The molecule has 0 N–H and O–H groups in total. The van der Waals surface area contributed by atoms with E-state index in [-0.39, 0.29) is 0 Å². The van der Waals surface area contributed by atoms with Crippen LogP contribution in [-0.2, 0) is 13.1 Å². The number of fused-ring (bicyclic) bond motifs is 1. The lowest BCUT2D eigenvalue weighted by Crippen LogP contribution is -2.44. The summed E-state index contributed by atoms with van der Waals surface area (Å²) in [7, 11) is 2.18. The van der Waals surface area contributed by atoms with Crippen LogP contribution in [0, 0.1) is 6.92 Å². The van der Waals surface area contributed by atoms with Crippen LogP contribution in [0.25, 0.3) is 11.0 Å². The Balaban J connectivity index is 1.49. The van der Waals surface area contributed by atoms with Gasteiger partial charge in [-0.3, -0.25) is 4.90 Å². The van der Waals surface area contributed by atoms with E-state index in [0.717, 1.165) is 66.9 Å². The maximum absolute atomic E-state index is 6.11. The number of aromatic nitrogens is 2. The fourth-order valence-corrected chi connectivity index (χ4v) is 3.78. The van der Waals surface area contributed by atoms with Crippen molar-refractivity contribution in [2.45, 2.75) is 20.0 Å². The molecule has 0 amide bonds. The first-order valence-corrected chi connectivity index (χ1v) is 10.2. The predicted octanol–water partition coefficient (Wildman–Crippen LogP) is 3.82. The number of imidazole rings is 1. The summed E-state index contributed by atoms with van der Waals surface area (Å²) in [6.45, 7) is 8.62. The lowest BCUT2D eigenvalue weighted by atomic mass is 10.2. The number of halogens is 1. The number of piperazine rings is 1. The van der Waals surface area contributed by atoms with Crippen molar-refractivity contribution in [3.05, 3.63) is 58.9 Å². The molecular weight excluding hydrogens is 372 g/mol. The molecule has 1 aliphatic heterocycles. The van der Waals surface area contributed by atoms with Crippen molar-refractivity contribution < 1.29 is 4.74 Å². The van der Waals surface area contributed by atoms with E-state index in [2.05, 4.69) is 39.6 Å². The van der Waals surface area contributed by atoms with E-state index < -0.39 is 0 Å². The third-order valence-corrected chi connectivity index (χ3v) is 5.83. The minimum atomic E-state index is 0.594. The van der Waals surface area contributed by atoms with Gasteiger partial charge in [0.15, 0.2) is 0 Å². The van der Waals surface area contributed by atoms with Gasteiger partial charge in [-0.25, -0.2) is 4.98 Å². The quantitative estimate of drug-likeness (QED) is 0.632. The summed E-state index contributed by atoms with van der Waals surface area (Å²) in [5.41, 5.74) is 3.25. The number of para-hydroxylation sites is 2. The first-order valence-electron chi connectivity index (χ1n) is 9.84. The highest BCUT2D eigenvalue weighted by molar-refractivity contribution is 6.31. The van der Waals surface area contributed by atoms with Gasteiger partial charge in [-0.1, -0.05) is 23.7 Å². The molecule has 2 aromatic carbocycles. The van der Waals surface area contributed by atoms with Crippen LogP contribution in [0.5, 0.6) is 5.75 Å². The summed E-state index contributed by atoms with van der Waals surface area (Å²) >= 11 is 6.11. The average Bonchev–Trinajstić information content (AvgIpc) is 3.04. The minimum absolute atomic E-state index is 0.594. The van der Waals surface area contributed by atoms with E-state index in [4.69, 9.17) is 21.3 Å². The van der Waals surface area contributed by atoms with E-state index in [1.54, 1.807) is 0 Å². The fourth-order valence-electron chi connectivity index (χ4n) is 3.66. The Morgan fingerprint density at radius 3 is 2.64 bits per heavy atom. The Kier molecular flexibility index (Phi) is 5.85. The van der Waals surface area contributed by atoms with Crippen molar-refractivity contribution in [3.63, 3.8) is 0 Å². The van der Waals surface area contributed by atoms with Gasteiger partial charge in [-0.15, -0.1) is 0 Å². The second-order valence-electron chi connectivity index (χ2n) is 7.51. The molecule has 6 heteroatoms. The zero-order valence-corrected chi connectivity index (χ0v) is 17.3. The van der Waals surface area contributed by atoms with Gasteiger partial charge in [0.05, 0.1) is 24.1 Å². The molecule has 0 unspecified atom stereocenters.